The molecule has 0 heterocycles. The van der Waals surface area contributed by atoms with Crippen LogP contribution in [-0.4, -0.2) is 40.6 Å². The minimum Gasteiger partial charge on any atom is -0.480 e. The zero-order chi connectivity index (χ0) is 12.3. The highest BCUT2D eigenvalue weighted by molar-refractivity contribution is 5.86. The normalized spacial score (nSPS) is 15.7. The number of carboxylic acid groups (broad SMARTS) is 1. The zero-order valence-electron chi connectivity index (χ0n) is 10.1. The molecular weight excluding hydrogens is 208 g/mol. The van der Waals surface area contributed by atoms with E-state index in [1.54, 1.807) is 25.8 Å². The van der Waals surface area contributed by atoms with E-state index in [0.717, 1.165) is 12.8 Å². The van der Waals surface area contributed by atoms with Crippen molar-refractivity contribution in [3.63, 3.8) is 0 Å². The average molecular weight is 228 g/mol. The van der Waals surface area contributed by atoms with Gasteiger partial charge < -0.3 is 15.3 Å². The second-order valence-corrected chi connectivity index (χ2v) is 4.37. The summed E-state index contributed by atoms with van der Waals surface area (Å²) in [4.78, 5) is 24.6. The van der Waals surface area contributed by atoms with Crippen LogP contribution in [0.15, 0.2) is 0 Å². The van der Waals surface area contributed by atoms with Crippen LogP contribution in [0, 0.1) is 0 Å². The SMILES string of the molecule is CCC(CC)(NC(=O)N(C)C1CC1)C(=O)O. The van der Waals surface area contributed by atoms with Crippen molar-refractivity contribution in [2.24, 2.45) is 0 Å². The predicted octanol–water partition coefficient (Wildman–Crippen LogP) is 1.43. The molecule has 0 aromatic rings. The Balaban J connectivity index is 2.67. The van der Waals surface area contributed by atoms with Gasteiger partial charge in [0.1, 0.15) is 5.54 Å². The molecule has 1 aliphatic carbocycles. The van der Waals surface area contributed by atoms with Crippen molar-refractivity contribution >= 4 is 12.0 Å². The monoisotopic (exact) mass is 228 g/mol. The van der Waals surface area contributed by atoms with Gasteiger partial charge in [0.15, 0.2) is 0 Å². The quantitative estimate of drug-likeness (QED) is 0.748. The fourth-order valence-electron chi connectivity index (χ4n) is 1.70. The molecule has 0 radical (unpaired) electrons. The molecule has 0 aromatic carbocycles. The van der Waals surface area contributed by atoms with Crippen molar-refractivity contribution in [3.05, 3.63) is 0 Å². The van der Waals surface area contributed by atoms with Gasteiger partial charge in [-0.1, -0.05) is 13.8 Å². The van der Waals surface area contributed by atoms with Crippen molar-refractivity contribution in [2.45, 2.75) is 51.1 Å². The molecule has 0 aliphatic heterocycles. The lowest BCUT2D eigenvalue weighted by Crippen LogP contribution is -2.57. The summed E-state index contributed by atoms with van der Waals surface area (Å²) in [5.41, 5.74) is -1.12. The molecule has 5 heteroatoms. The molecule has 0 atom stereocenters. The summed E-state index contributed by atoms with van der Waals surface area (Å²) in [7, 11) is 1.71. The lowest BCUT2D eigenvalue weighted by molar-refractivity contribution is -0.144. The highest BCUT2D eigenvalue weighted by Crippen LogP contribution is 2.26. The summed E-state index contributed by atoms with van der Waals surface area (Å²) < 4.78 is 0. The van der Waals surface area contributed by atoms with E-state index in [9.17, 15) is 14.7 Å². The van der Waals surface area contributed by atoms with E-state index in [1.807, 2.05) is 0 Å². The van der Waals surface area contributed by atoms with E-state index in [2.05, 4.69) is 5.32 Å². The third-order valence-electron chi connectivity index (χ3n) is 3.38. The highest BCUT2D eigenvalue weighted by Gasteiger charge is 2.39. The predicted molar refractivity (Wildman–Crippen MR) is 60.3 cm³/mol. The molecule has 0 bridgehead atoms. The molecule has 1 rings (SSSR count). The molecule has 1 saturated carbocycles. The number of carbonyl (C=O) groups is 2. The number of carboxylic acids is 1. The minimum absolute atomic E-state index is 0.284. The van der Waals surface area contributed by atoms with Gasteiger partial charge in [-0.05, 0) is 25.7 Å². The maximum absolute atomic E-state index is 11.8. The van der Waals surface area contributed by atoms with Gasteiger partial charge in [0, 0.05) is 13.1 Å². The first-order valence-electron chi connectivity index (χ1n) is 5.75. The minimum atomic E-state index is -1.12. The zero-order valence-corrected chi connectivity index (χ0v) is 10.1. The van der Waals surface area contributed by atoms with Crippen LogP contribution in [0.3, 0.4) is 0 Å². The number of amides is 2. The number of aliphatic carboxylic acids is 1. The number of nitrogens with zero attached hydrogens (tertiary/aromatic N) is 1. The van der Waals surface area contributed by atoms with Crippen LogP contribution in [0.2, 0.25) is 0 Å². The van der Waals surface area contributed by atoms with Crippen molar-refractivity contribution in [3.8, 4) is 0 Å². The number of nitrogens with one attached hydrogen (secondary N) is 1. The Labute approximate surface area is 95.8 Å². The number of hydrogen-bond donors (Lipinski definition) is 2. The number of rotatable bonds is 5. The van der Waals surface area contributed by atoms with E-state index in [4.69, 9.17) is 0 Å². The summed E-state index contributed by atoms with van der Waals surface area (Å²) in [5, 5.41) is 11.8. The van der Waals surface area contributed by atoms with Crippen molar-refractivity contribution in [1.82, 2.24) is 10.2 Å². The Bertz CT molecular complexity index is 283. The number of urea groups is 1. The summed E-state index contributed by atoms with van der Waals surface area (Å²) >= 11 is 0. The standard InChI is InChI=1S/C11H20N2O3/c1-4-11(5-2,9(14)15)12-10(16)13(3)8-6-7-8/h8H,4-7H2,1-3H3,(H,12,16)(H,14,15). The van der Waals surface area contributed by atoms with Crippen LogP contribution >= 0.6 is 0 Å². The molecule has 0 saturated heterocycles. The van der Waals surface area contributed by atoms with Gasteiger partial charge in [0.25, 0.3) is 0 Å². The summed E-state index contributed by atoms with van der Waals surface area (Å²) in [6.45, 7) is 3.55. The van der Waals surface area contributed by atoms with E-state index >= 15 is 0 Å². The van der Waals surface area contributed by atoms with Gasteiger partial charge in [-0.25, -0.2) is 9.59 Å². The van der Waals surface area contributed by atoms with Crippen LogP contribution < -0.4 is 5.32 Å². The van der Waals surface area contributed by atoms with Gasteiger partial charge >= 0.3 is 12.0 Å². The molecule has 0 aromatic heterocycles. The number of carbonyl (C=O) groups excluding carboxylic acids is 1. The molecule has 0 spiro atoms. The van der Waals surface area contributed by atoms with Crippen molar-refractivity contribution in [1.29, 1.82) is 0 Å². The van der Waals surface area contributed by atoms with Gasteiger partial charge in [-0.3, -0.25) is 0 Å². The maximum atomic E-state index is 11.8. The lowest BCUT2D eigenvalue weighted by atomic mass is 9.93. The molecular formula is C11H20N2O3. The van der Waals surface area contributed by atoms with E-state index in [-0.39, 0.29) is 6.03 Å². The van der Waals surface area contributed by atoms with Gasteiger partial charge in [0.2, 0.25) is 0 Å². The lowest BCUT2D eigenvalue weighted by Gasteiger charge is -2.30. The van der Waals surface area contributed by atoms with Gasteiger partial charge in [-0.15, -0.1) is 0 Å². The van der Waals surface area contributed by atoms with Gasteiger partial charge in [-0.2, -0.15) is 0 Å². The van der Waals surface area contributed by atoms with Gasteiger partial charge in [0.05, 0.1) is 0 Å². The fourth-order valence-corrected chi connectivity index (χ4v) is 1.70. The van der Waals surface area contributed by atoms with Crippen molar-refractivity contribution < 1.29 is 14.7 Å². The number of hydrogen-bond acceptors (Lipinski definition) is 2. The molecule has 5 nitrogen and oxygen atoms in total. The first-order chi connectivity index (χ1) is 7.46. The Morgan fingerprint density at radius 3 is 2.19 bits per heavy atom. The summed E-state index contributed by atoms with van der Waals surface area (Å²) in [5.74, 6) is -0.963. The first-order valence-corrected chi connectivity index (χ1v) is 5.75. The Morgan fingerprint density at radius 2 is 1.88 bits per heavy atom. The smallest absolute Gasteiger partial charge is 0.329 e. The topological polar surface area (TPSA) is 69.6 Å². The Morgan fingerprint density at radius 1 is 1.38 bits per heavy atom. The first kappa shape index (κ1) is 12.8. The summed E-state index contributed by atoms with van der Waals surface area (Å²) in [6, 6.07) is 0.00815. The highest BCUT2D eigenvalue weighted by atomic mass is 16.4. The third kappa shape index (κ3) is 2.46. The van der Waals surface area contributed by atoms with E-state index in [0.29, 0.717) is 18.9 Å². The second kappa shape index (κ2) is 4.72. The van der Waals surface area contributed by atoms with E-state index in [1.165, 1.54) is 0 Å². The molecule has 1 fully saturated rings. The Hall–Kier alpha value is -1.26. The molecule has 2 N–H and O–H groups in total. The molecule has 0 unspecified atom stereocenters. The molecule has 1 aliphatic rings. The van der Waals surface area contributed by atoms with Crippen LogP contribution in [0.5, 0.6) is 0 Å². The van der Waals surface area contributed by atoms with Crippen LogP contribution in [-0.2, 0) is 4.79 Å². The Kier molecular flexibility index (Phi) is 3.78. The van der Waals surface area contributed by atoms with Crippen molar-refractivity contribution in [2.75, 3.05) is 7.05 Å². The molecule has 92 valence electrons. The molecule has 16 heavy (non-hydrogen) atoms. The van der Waals surface area contributed by atoms with Crippen LogP contribution in [0.1, 0.15) is 39.5 Å². The van der Waals surface area contributed by atoms with Crippen LogP contribution in [0.4, 0.5) is 4.79 Å². The summed E-state index contributed by atoms with van der Waals surface area (Å²) in [6.07, 6.45) is 2.82. The van der Waals surface area contributed by atoms with Crippen LogP contribution in [0.25, 0.3) is 0 Å². The molecule has 2 amide bonds. The fraction of sp³-hybridized carbons (Fsp3) is 0.818. The van der Waals surface area contributed by atoms with E-state index < -0.39 is 11.5 Å². The second-order valence-electron chi connectivity index (χ2n) is 4.37. The largest absolute Gasteiger partial charge is 0.480 e. The maximum Gasteiger partial charge on any atom is 0.329 e. The average Bonchev–Trinajstić information content (AvgIpc) is 3.08. The third-order valence-corrected chi connectivity index (χ3v) is 3.38.